The van der Waals surface area contributed by atoms with E-state index in [1.54, 1.807) is 11.8 Å². The second-order valence-electron chi connectivity index (χ2n) is 6.31. The van der Waals surface area contributed by atoms with Gasteiger partial charge in [-0.25, -0.2) is 0 Å². The molecule has 1 N–H and O–H groups in total. The Kier molecular flexibility index (Phi) is 7.18. The number of hydrogen-bond acceptors (Lipinski definition) is 6. The molecule has 0 bridgehead atoms. The van der Waals surface area contributed by atoms with Crippen molar-refractivity contribution >= 4 is 45.9 Å². The maximum Gasteiger partial charge on any atom is 0.244 e. The third-order valence-corrected chi connectivity index (χ3v) is 7.45. The van der Waals surface area contributed by atoms with Crippen LogP contribution in [0.15, 0.2) is 101 Å². The molecule has 0 saturated heterocycles. The zero-order valence-electron chi connectivity index (χ0n) is 16.0. The molecule has 4 nitrogen and oxygen atoms in total. The van der Waals surface area contributed by atoms with Crippen LogP contribution in [0.5, 0.6) is 0 Å². The lowest BCUT2D eigenvalue weighted by atomic mass is 10.1. The summed E-state index contributed by atoms with van der Waals surface area (Å²) in [4.78, 5) is 15.3. The number of carbonyl (C=O) groups excluding carboxylic acids is 1. The van der Waals surface area contributed by atoms with Crippen LogP contribution in [0.1, 0.15) is 15.8 Å². The van der Waals surface area contributed by atoms with Crippen molar-refractivity contribution in [3.8, 4) is 0 Å². The van der Waals surface area contributed by atoms with E-state index in [1.165, 1.54) is 28.0 Å². The number of aromatic nitrogens is 2. The summed E-state index contributed by atoms with van der Waals surface area (Å²) in [5.74, 6) is 0.617. The second-order valence-corrected chi connectivity index (χ2v) is 9.60. The van der Waals surface area contributed by atoms with Crippen LogP contribution in [-0.2, 0) is 10.5 Å². The number of anilines is 1. The van der Waals surface area contributed by atoms with Crippen molar-refractivity contribution < 1.29 is 4.79 Å². The number of rotatable bonds is 8. The van der Waals surface area contributed by atoms with Crippen LogP contribution in [-0.4, -0.2) is 16.1 Å². The Labute approximate surface area is 188 Å². The van der Waals surface area contributed by atoms with Crippen molar-refractivity contribution in [3.63, 3.8) is 0 Å². The molecule has 0 saturated carbocycles. The van der Waals surface area contributed by atoms with Gasteiger partial charge in [0.1, 0.15) is 10.3 Å². The molecule has 4 rings (SSSR count). The fourth-order valence-electron chi connectivity index (χ4n) is 2.73. The maximum atomic E-state index is 13.1. The highest BCUT2D eigenvalue weighted by Crippen LogP contribution is 2.36. The molecule has 30 heavy (non-hydrogen) atoms. The SMILES string of the molecule is O=C(Nc1nnc(CSc2ccccc2)s1)C(Sc1ccccc1)c1ccccc1. The number of nitrogens with zero attached hydrogens (tertiary/aromatic N) is 2. The lowest BCUT2D eigenvalue weighted by molar-refractivity contribution is -0.115. The molecule has 0 spiro atoms. The summed E-state index contributed by atoms with van der Waals surface area (Å²) in [5, 5.41) is 12.4. The Morgan fingerprint density at radius 1 is 0.833 bits per heavy atom. The molecule has 1 heterocycles. The molecule has 1 unspecified atom stereocenters. The smallest absolute Gasteiger partial charge is 0.244 e. The van der Waals surface area contributed by atoms with Gasteiger partial charge in [0, 0.05) is 9.79 Å². The predicted octanol–water partition coefficient (Wildman–Crippen LogP) is 6.30. The Hall–Kier alpha value is -2.61. The lowest BCUT2D eigenvalue weighted by Gasteiger charge is -2.16. The van der Waals surface area contributed by atoms with E-state index in [0.29, 0.717) is 5.13 Å². The highest BCUT2D eigenvalue weighted by atomic mass is 32.2. The van der Waals surface area contributed by atoms with Gasteiger partial charge >= 0.3 is 0 Å². The van der Waals surface area contributed by atoms with Gasteiger partial charge < -0.3 is 0 Å². The summed E-state index contributed by atoms with van der Waals surface area (Å²) < 4.78 is 0. The maximum absolute atomic E-state index is 13.1. The minimum Gasteiger partial charge on any atom is -0.299 e. The zero-order chi connectivity index (χ0) is 20.6. The monoisotopic (exact) mass is 449 g/mol. The van der Waals surface area contributed by atoms with Gasteiger partial charge in [0.25, 0.3) is 0 Å². The van der Waals surface area contributed by atoms with E-state index in [4.69, 9.17) is 0 Å². The molecule has 150 valence electrons. The largest absolute Gasteiger partial charge is 0.299 e. The van der Waals surface area contributed by atoms with Gasteiger partial charge in [0.05, 0.1) is 5.75 Å². The average molecular weight is 450 g/mol. The van der Waals surface area contributed by atoms with Crippen molar-refractivity contribution in [1.29, 1.82) is 0 Å². The van der Waals surface area contributed by atoms with Gasteiger partial charge in [0.15, 0.2) is 0 Å². The van der Waals surface area contributed by atoms with Crippen molar-refractivity contribution in [2.24, 2.45) is 0 Å². The molecule has 7 heteroatoms. The number of carbonyl (C=O) groups is 1. The third kappa shape index (κ3) is 5.72. The summed E-state index contributed by atoms with van der Waals surface area (Å²) in [5.41, 5.74) is 0.952. The van der Waals surface area contributed by atoms with Crippen LogP contribution >= 0.6 is 34.9 Å². The van der Waals surface area contributed by atoms with Gasteiger partial charge in [-0.3, -0.25) is 10.1 Å². The van der Waals surface area contributed by atoms with E-state index in [2.05, 4.69) is 27.6 Å². The molecular weight excluding hydrogens is 430 g/mol. The molecular formula is C23H19N3OS3. The molecule has 1 atom stereocenters. The molecule has 0 aliphatic heterocycles. The van der Waals surface area contributed by atoms with Gasteiger partial charge in [0.2, 0.25) is 11.0 Å². The quantitative estimate of drug-likeness (QED) is 0.320. The van der Waals surface area contributed by atoms with Gasteiger partial charge in [-0.15, -0.1) is 33.7 Å². The number of nitrogens with one attached hydrogen (secondary N) is 1. The van der Waals surface area contributed by atoms with Gasteiger partial charge in [-0.2, -0.15) is 0 Å². The normalized spacial score (nSPS) is 11.7. The predicted molar refractivity (Wildman–Crippen MR) is 126 cm³/mol. The van der Waals surface area contributed by atoms with Gasteiger partial charge in [-0.05, 0) is 29.8 Å². The Balaban J connectivity index is 1.44. The first kappa shape index (κ1) is 20.7. The summed E-state index contributed by atoms with van der Waals surface area (Å²) in [6, 6.07) is 29.9. The van der Waals surface area contributed by atoms with Crippen LogP contribution in [0, 0.1) is 0 Å². The summed E-state index contributed by atoms with van der Waals surface area (Å²) in [7, 11) is 0. The highest BCUT2D eigenvalue weighted by Gasteiger charge is 2.23. The molecule has 0 fully saturated rings. The number of benzene rings is 3. The first-order valence-corrected chi connectivity index (χ1v) is 12.0. The highest BCUT2D eigenvalue weighted by molar-refractivity contribution is 8.00. The Morgan fingerprint density at radius 2 is 1.43 bits per heavy atom. The van der Waals surface area contributed by atoms with E-state index in [1.807, 2.05) is 78.9 Å². The molecule has 4 aromatic rings. The second kappa shape index (κ2) is 10.4. The number of amides is 1. The van der Waals surface area contributed by atoms with E-state index >= 15 is 0 Å². The Morgan fingerprint density at radius 3 is 2.10 bits per heavy atom. The first-order valence-electron chi connectivity index (χ1n) is 9.36. The van der Waals surface area contributed by atoms with Crippen LogP contribution in [0.25, 0.3) is 0 Å². The van der Waals surface area contributed by atoms with Crippen LogP contribution in [0.2, 0.25) is 0 Å². The summed E-state index contributed by atoms with van der Waals surface area (Å²) >= 11 is 4.64. The van der Waals surface area contributed by atoms with Gasteiger partial charge in [-0.1, -0.05) is 78.1 Å². The molecule has 0 radical (unpaired) electrons. The van der Waals surface area contributed by atoms with E-state index in [-0.39, 0.29) is 11.2 Å². The molecule has 1 aromatic heterocycles. The van der Waals surface area contributed by atoms with Crippen LogP contribution < -0.4 is 5.32 Å². The van der Waals surface area contributed by atoms with Crippen molar-refractivity contribution in [2.45, 2.75) is 20.8 Å². The zero-order valence-corrected chi connectivity index (χ0v) is 18.4. The number of thioether (sulfide) groups is 2. The standard InChI is InChI=1S/C23H19N3OS3/c27-22(21(17-10-4-1-5-11-17)29-19-14-8-3-9-15-19)24-23-26-25-20(30-23)16-28-18-12-6-2-7-13-18/h1-15,21H,16H2,(H,24,26,27). The molecule has 0 aliphatic rings. The minimum atomic E-state index is -0.375. The third-order valence-electron chi connectivity index (χ3n) is 4.14. The molecule has 0 aliphatic carbocycles. The fourth-order valence-corrected chi connectivity index (χ4v) is 5.42. The first-order chi connectivity index (χ1) is 14.8. The minimum absolute atomic E-state index is 0.103. The van der Waals surface area contributed by atoms with E-state index in [9.17, 15) is 4.79 Å². The molecule has 1 amide bonds. The van der Waals surface area contributed by atoms with E-state index in [0.717, 1.165) is 21.2 Å². The van der Waals surface area contributed by atoms with Crippen molar-refractivity contribution in [1.82, 2.24) is 10.2 Å². The van der Waals surface area contributed by atoms with Crippen LogP contribution in [0.3, 0.4) is 0 Å². The van der Waals surface area contributed by atoms with Crippen molar-refractivity contribution in [3.05, 3.63) is 102 Å². The lowest BCUT2D eigenvalue weighted by Crippen LogP contribution is -2.18. The van der Waals surface area contributed by atoms with Crippen LogP contribution in [0.4, 0.5) is 5.13 Å². The topological polar surface area (TPSA) is 54.9 Å². The number of hydrogen-bond donors (Lipinski definition) is 1. The summed E-state index contributed by atoms with van der Waals surface area (Å²) in [6.07, 6.45) is 0. The Bertz CT molecular complexity index is 1070. The molecule has 3 aromatic carbocycles. The fraction of sp³-hybridized carbons (Fsp3) is 0.0870. The average Bonchev–Trinajstić information content (AvgIpc) is 3.25. The summed E-state index contributed by atoms with van der Waals surface area (Å²) in [6.45, 7) is 0. The van der Waals surface area contributed by atoms with E-state index < -0.39 is 0 Å². The van der Waals surface area contributed by atoms with Crippen molar-refractivity contribution in [2.75, 3.05) is 5.32 Å².